The first kappa shape index (κ1) is 27.0. The number of piperazine rings is 1. The normalized spacial score (nSPS) is 13.9. The van der Waals surface area contributed by atoms with Crippen LogP contribution in [-0.4, -0.2) is 60.8 Å². The van der Waals surface area contributed by atoms with Crippen molar-refractivity contribution in [1.82, 2.24) is 9.47 Å². The van der Waals surface area contributed by atoms with Crippen molar-refractivity contribution in [2.75, 3.05) is 50.1 Å². The van der Waals surface area contributed by atoms with Crippen LogP contribution in [-0.2, 0) is 6.54 Å². The van der Waals surface area contributed by atoms with Crippen LogP contribution in [0.4, 0.5) is 15.8 Å². The number of carbonyl (C=O) groups is 1. The molecule has 10 heteroatoms. The Morgan fingerprint density at radius 2 is 1.64 bits per heavy atom. The molecule has 1 aliphatic heterocycles. The summed E-state index contributed by atoms with van der Waals surface area (Å²) in [5, 5.41) is 10.3. The molecule has 5 rings (SSSR count). The summed E-state index contributed by atoms with van der Waals surface area (Å²) >= 11 is 13.0. The van der Waals surface area contributed by atoms with E-state index in [1.54, 1.807) is 4.57 Å². The molecule has 7 nitrogen and oxygen atoms in total. The number of pyridine rings is 1. The average Bonchev–Trinajstić information content (AvgIpc) is 2.90. The molecule has 4 aromatic rings. The number of hydrogen-bond acceptors (Lipinski definition) is 5. The molecule has 0 spiro atoms. The number of fused-ring (bicyclic) bond motifs is 1. The van der Waals surface area contributed by atoms with Gasteiger partial charge in [-0.2, -0.15) is 0 Å². The topological polar surface area (TPSA) is 69.0 Å². The first-order valence-corrected chi connectivity index (χ1v) is 13.2. The first-order chi connectivity index (χ1) is 18.6. The lowest BCUT2D eigenvalue weighted by molar-refractivity contribution is 0.0695. The highest BCUT2D eigenvalue weighted by atomic mass is 35.5. The summed E-state index contributed by atoms with van der Waals surface area (Å²) in [5.41, 5.74) is 1.86. The fourth-order valence-electron chi connectivity index (χ4n) is 5.04. The van der Waals surface area contributed by atoms with Crippen molar-refractivity contribution < 1.29 is 14.3 Å². The molecule has 0 aliphatic carbocycles. The van der Waals surface area contributed by atoms with E-state index < -0.39 is 22.8 Å². The molecule has 3 aromatic carbocycles. The molecule has 202 valence electrons. The maximum Gasteiger partial charge on any atom is 0.341 e. The number of anilines is 2. The monoisotopic (exact) mass is 568 g/mol. The van der Waals surface area contributed by atoms with Crippen molar-refractivity contribution in [1.29, 1.82) is 0 Å². The van der Waals surface area contributed by atoms with Gasteiger partial charge in [-0.1, -0.05) is 41.4 Å². The second-order valence-corrected chi connectivity index (χ2v) is 10.6. The predicted octanol–water partition coefficient (Wildman–Crippen LogP) is 5.52. The summed E-state index contributed by atoms with van der Waals surface area (Å²) in [5.74, 6) is -2.06. The smallest absolute Gasteiger partial charge is 0.341 e. The zero-order chi connectivity index (χ0) is 27.8. The molecule has 0 saturated carbocycles. The number of nitrogens with zero attached hydrogens (tertiary/aromatic N) is 4. The first-order valence-electron chi connectivity index (χ1n) is 12.4. The van der Waals surface area contributed by atoms with Crippen molar-refractivity contribution in [2.45, 2.75) is 6.54 Å². The number of aromatic carboxylic acids is 1. The molecule has 1 aliphatic rings. The van der Waals surface area contributed by atoms with Crippen LogP contribution in [0.15, 0.2) is 65.6 Å². The maximum absolute atomic E-state index is 15.6. The fraction of sp³-hybridized carbons (Fsp3) is 0.241. The van der Waals surface area contributed by atoms with Gasteiger partial charge in [0, 0.05) is 55.3 Å². The van der Waals surface area contributed by atoms with Gasteiger partial charge in [0.25, 0.3) is 0 Å². The third-order valence-electron chi connectivity index (χ3n) is 6.87. The predicted molar refractivity (Wildman–Crippen MR) is 155 cm³/mol. The molecular weight excluding hydrogens is 542 g/mol. The zero-order valence-electron chi connectivity index (χ0n) is 21.5. The highest BCUT2D eigenvalue weighted by Gasteiger charge is 2.27. The molecule has 1 saturated heterocycles. The Labute approximate surface area is 235 Å². The minimum Gasteiger partial charge on any atom is -0.477 e. The van der Waals surface area contributed by atoms with Gasteiger partial charge in [0.1, 0.15) is 11.4 Å². The molecule has 0 radical (unpaired) electrons. The average molecular weight is 569 g/mol. The lowest BCUT2D eigenvalue weighted by Crippen LogP contribution is -2.47. The summed E-state index contributed by atoms with van der Waals surface area (Å²) in [6.07, 6.45) is 1.26. The maximum atomic E-state index is 15.6. The van der Waals surface area contributed by atoms with Crippen LogP contribution in [0.2, 0.25) is 10.0 Å². The summed E-state index contributed by atoms with van der Waals surface area (Å²) in [7, 11) is 3.93. The van der Waals surface area contributed by atoms with Crippen LogP contribution >= 0.6 is 23.2 Å². The Kier molecular flexibility index (Phi) is 7.53. The van der Waals surface area contributed by atoms with Gasteiger partial charge < -0.3 is 24.4 Å². The largest absolute Gasteiger partial charge is 0.477 e. The third kappa shape index (κ3) is 5.32. The lowest BCUT2D eigenvalue weighted by Gasteiger charge is -2.38. The molecule has 0 unspecified atom stereocenters. The van der Waals surface area contributed by atoms with Crippen LogP contribution < -0.4 is 15.2 Å². The number of carboxylic acids is 1. The Balaban J connectivity index is 1.59. The zero-order valence-corrected chi connectivity index (χ0v) is 23.0. The molecule has 1 N–H and O–H groups in total. The third-order valence-corrected chi connectivity index (χ3v) is 7.46. The van der Waals surface area contributed by atoms with Crippen LogP contribution in [0.1, 0.15) is 15.9 Å². The van der Waals surface area contributed by atoms with Gasteiger partial charge in [-0.15, -0.1) is 0 Å². The number of rotatable bonds is 6. The van der Waals surface area contributed by atoms with Gasteiger partial charge in [0.05, 0.1) is 21.6 Å². The Morgan fingerprint density at radius 1 is 0.974 bits per heavy atom. The highest BCUT2D eigenvalue weighted by molar-refractivity contribution is 6.38. The Bertz CT molecular complexity index is 1610. The van der Waals surface area contributed by atoms with E-state index in [4.69, 9.17) is 23.2 Å². The molecule has 2 heterocycles. The molecule has 0 atom stereocenters. The number of carboxylic acid groups (broad SMARTS) is 1. The van der Waals surface area contributed by atoms with E-state index in [1.165, 1.54) is 6.20 Å². The van der Waals surface area contributed by atoms with Crippen LogP contribution in [0.25, 0.3) is 16.6 Å². The van der Waals surface area contributed by atoms with Gasteiger partial charge in [-0.3, -0.25) is 4.79 Å². The second kappa shape index (κ2) is 10.9. The summed E-state index contributed by atoms with van der Waals surface area (Å²) in [6.45, 7) is 2.94. The SMILES string of the molecule is CN(C)Cc1ccc(-n2cc(C(=O)O)c(=O)c3cc(F)c(N4CCN(c5cccc(Cl)c5)CC4)c(Cl)c32)cc1. The quantitative estimate of drug-likeness (QED) is 0.330. The number of aromatic nitrogens is 1. The van der Waals surface area contributed by atoms with Gasteiger partial charge in [0.2, 0.25) is 5.43 Å². The van der Waals surface area contributed by atoms with E-state index in [-0.39, 0.29) is 21.6 Å². The molecular formula is C29H27Cl2FN4O3. The van der Waals surface area contributed by atoms with Gasteiger partial charge in [0.15, 0.2) is 0 Å². The minimum absolute atomic E-state index is 0.0626. The van der Waals surface area contributed by atoms with Gasteiger partial charge >= 0.3 is 5.97 Å². The number of benzene rings is 3. The molecule has 1 fully saturated rings. The molecule has 1 aromatic heterocycles. The van der Waals surface area contributed by atoms with Crippen molar-refractivity contribution in [2.24, 2.45) is 0 Å². The fourth-order valence-corrected chi connectivity index (χ4v) is 5.63. The summed E-state index contributed by atoms with van der Waals surface area (Å²) in [4.78, 5) is 31.1. The molecule has 39 heavy (non-hydrogen) atoms. The van der Waals surface area contributed by atoms with Gasteiger partial charge in [-0.25, -0.2) is 9.18 Å². The Morgan fingerprint density at radius 3 is 2.26 bits per heavy atom. The lowest BCUT2D eigenvalue weighted by atomic mass is 10.1. The molecule has 0 bridgehead atoms. The van der Waals surface area contributed by atoms with Crippen LogP contribution in [0, 0.1) is 5.82 Å². The van der Waals surface area contributed by atoms with Gasteiger partial charge in [-0.05, 0) is 56.1 Å². The second-order valence-electron chi connectivity index (χ2n) is 9.82. The van der Waals surface area contributed by atoms with Crippen molar-refractivity contribution in [3.63, 3.8) is 0 Å². The van der Waals surface area contributed by atoms with E-state index in [9.17, 15) is 14.7 Å². The van der Waals surface area contributed by atoms with E-state index in [1.807, 2.05) is 72.4 Å². The standard InChI is InChI=1S/C29H27Cl2FN4O3/c1-33(2)16-18-6-8-20(9-7-18)36-17-23(29(38)39)28(37)22-15-24(32)27(25(31)26(22)36)35-12-10-34(11-13-35)21-5-3-4-19(30)14-21/h3-9,14-15,17H,10-13,16H2,1-2H3,(H,38,39). The number of halogens is 3. The van der Waals surface area contributed by atoms with Crippen molar-refractivity contribution in [3.05, 3.63) is 98.0 Å². The summed E-state index contributed by atoms with van der Waals surface area (Å²) < 4.78 is 17.2. The van der Waals surface area contributed by atoms with Crippen LogP contribution in [0.3, 0.4) is 0 Å². The van der Waals surface area contributed by atoms with E-state index in [0.717, 1.165) is 23.9 Å². The van der Waals surface area contributed by atoms with Crippen molar-refractivity contribution >= 4 is 51.4 Å². The highest BCUT2D eigenvalue weighted by Crippen LogP contribution is 2.37. The van der Waals surface area contributed by atoms with E-state index >= 15 is 4.39 Å². The number of hydrogen-bond donors (Lipinski definition) is 1. The summed E-state index contributed by atoms with van der Waals surface area (Å²) in [6, 6.07) is 16.2. The van der Waals surface area contributed by atoms with Crippen molar-refractivity contribution in [3.8, 4) is 5.69 Å². The Hall–Kier alpha value is -3.59. The van der Waals surface area contributed by atoms with E-state index in [0.29, 0.717) is 36.9 Å². The molecule has 0 amide bonds. The minimum atomic E-state index is -1.39. The van der Waals surface area contributed by atoms with Crippen LogP contribution in [0.5, 0.6) is 0 Å². The van der Waals surface area contributed by atoms with E-state index in [2.05, 4.69) is 4.90 Å².